The number of carbonyl (C=O) groups excluding carboxylic acids is 2. The summed E-state index contributed by atoms with van der Waals surface area (Å²) >= 11 is 6.17. The molecule has 3 N–H and O–H groups in total. The summed E-state index contributed by atoms with van der Waals surface area (Å²) in [4.78, 5) is 23.6. The van der Waals surface area contributed by atoms with E-state index in [9.17, 15) is 9.59 Å². The molecule has 1 heterocycles. The van der Waals surface area contributed by atoms with Crippen LogP contribution in [-0.2, 0) is 0 Å². The van der Waals surface area contributed by atoms with Gasteiger partial charge in [0.05, 0.1) is 22.1 Å². The minimum Gasteiger partial charge on any atom is -0.366 e. The molecule has 0 fully saturated rings. The number of rotatable bonds is 4. The summed E-state index contributed by atoms with van der Waals surface area (Å²) in [6, 6.07) is 13.5. The van der Waals surface area contributed by atoms with Crippen molar-refractivity contribution in [1.29, 1.82) is 0 Å². The molecule has 3 rings (SSSR count). The second-order valence-electron chi connectivity index (χ2n) is 5.84. The van der Waals surface area contributed by atoms with Crippen LogP contribution in [0.25, 0.3) is 5.69 Å². The molecule has 26 heavy (non-hydrogen) atoms. The first-order chi connectivity index (χ1) is 12.4. The van der Waals surface area contributed by atoms with E-state index in [2.05, 4.69) is 10.4 Å². The van der Waals surface area contributed by atoms with Crippen LogP contribution in [-0.4, -0.2) is 21.6 Å². The Hall–Kier alpha value is -3.12. The minimum absolute atomic E-state index is 0.287. The summed E-state index contributed by atoms with van der Waals surface area (Å²) in [7, 11) is 0. The zero-order chi connectivity index (χ0) is 18.8. The molecule has 2 aromatic carbocycles. The number of carbonyl (C=O) groups is 2. The van der Waals surface area contributed by atoms with Crippen molar-refractivity contribution >= 4 is 29.1 Å². The minimum atomic E-state index is -0.547. The predicted octanol–water partition coefficient (Wildman–Crippen LogP) is 3.49. The third-order valence-corrected chi connectivity index (χ3v) is 4.53. The molecule has 7 heteroatoms. The van der Waals surface area contributed by atoms with Gasteiger partial charge in [0.1, 0.15) is 0 Å². The smallest absolute Gasteiger partial charge is 0.255 e. The molecule has 0 aliphatic heterocycles. The summed E-state index contributed by atoms with van der Waals surface area (Å²) < 4.78 is 1.73. The Morgan fingerprint density at radius 3 is 2.35 bits per heavy atom. The topological polar surface area (TPSA) is 90.0 Å². The number of aryl methyl sites for hydroxylation is 1. The first kappa shape index (κ1) is 17.7. The van der Waals surface area contributed by atoms with Gasteiger partial charge in [-0.15, -0.1) is 0 Å². The number of halogens is 1. The normalized spacial score (nSPS) is 10.6. The first-order valence-electron chi connectivity index (χ1n) is 7.90. The van der Waals surface area contributed by atoms with Crippen LogP contribution in [0.3, 0.4) is 0 Å². The Kier molecular flexibility index (Phi) is 4.77. The van der Waals surface area contributed by atoms with Gasteiger partial charge in [0.25, 0.3) is 5.91 Å². The van der Waals surface area contributed by atoms with E-state index >= 15 is 0 Å². The van der Waals surface area contributed by atoms with Crippen molar-refractivity contribution in [3.05, 3.63) is 76.1 Å². The van der Waals surface area contributed by atoms with Gasteiger partial charge in [-0.2, -0.15) is 5.10 Å². The molecular formula is C19H17ClN4O2. The van der Waals surface area contributed by atoms with Crippen LogP contribution in [0.2, 0.25) is 5.02 Å². The van der Waals surface area contributed by atoms with Gasteiger partial charge in [0.15, 0.2) is 0 Å². The van der Waals surface area contributed by atoms with Crippen LogP contribution in [0.5, 0.6) is 0 Å². The Bertz CT molecular complexity index is 993. The van der Waals surface area contributed by atoms with Crippen LogP contribution in [0.15, 0.2) is 48.5 Å². The van der Waals surface area contributed by atoms with E-state index in [4.69, 9.17) is 17.3 Å². The lowest BCUT2D eigenvalue weighted by Crippen LogP contribution is -2.14. The van der Waals surface area contributed by atoms with Crippen molar-refractivity contribution in [3.8, 4) is 5.69 Å². The fourth-order valence-electron chi connectivity index (χ4n) is 2.58. The highest BCUT2D eigenvalue weighted by molar-refractivity contribution is 6.31. The van der Waals surface area contributed by atoms with Crippen molar-refractivity contribution in [1.82, 2.24) is 9.78 Å². The fraction of sp³-hybridized carbons (Fsp3) is 0.105. The summed E-state index contributed by atoms with van der Waals surface area (Å²) in [5, 5.41) is 7.76. The van der Waals surface area contributed by atoms with E-state index < -0.39 is 5.91 Å². The van der Waals surface area contributed by atoms with Crippen molar-refractivity contribution in [2.24, 2.45) is 5.73 Å². The van der Waals surface area contributed by atoms with E-state index in [-0.39, 0.29) is 5.91 Å². The molecule has 6 nitrogen and oxygen atoms in total. The van der Waals surface area contributed by atoms with Crippen molar-refractivity contribution in [2.45, 2.75) is 13.8 Å². The summed E-state index contributed by atoms with van der Waals surface area (Å²) in [5.41, 5.74) is 8.96. The Balaban J connectivity index is 1.80. The van der Waals surface area contributed by atoms with Crippen LogP contribution >= 0.6 is 11.6 Å². The van der Waals surface area contributed by atoms with Gasteiger partial charge in [-0.3, -0.25) is 9.59 Å². The molecule has 0 bridgehead atoms. The molecule has 0 aliphatic carbocycles. The third kappa shape index (κ3) is 3.45. The van der Waals surface area contributed by atoms with Gasteiger partial charge < -0.3 is 11.1 Å². The summed E-state index contributed by atoms with van der Waals surface area (Å²) in [6.07, 6.45) is 0. The third-order valence-electron chi connectivity index (χ3n) is 3.98. The van der Waals surface area contributed by atoms with Gasteiger partial charge in [0.2, 0.25) is 5.91 Å². The molecule has 0 unspecified atom stereocenters. The Morgan fingerprint density at radius 1 is 1.08 bits per heavy atom. The fourth-order valence-corrected chi connectivity index (χ4v) is 2.70. The molecular weight excluding hydrogens is 352 g/mol. The average molecular weight is 369 g/mol. The molecule has 0 saturated carbocycles. The van der Waals surface area contributed by atoms with E-state index in [0.29, 0.717) is 21.8 Å². The number of primary amides is 1. The highest BCUT2D eigenvalue weighted by Crippen LogP contribution is 2.22. The number of nitrogens with zero attached hydrogens (tertiary/aromatic N) is 2. The van der Waals surface area contributed by atoms with Gasteiger partial charge in [-0.1, -0.05) is 17.7 Å². The van der Waals surface area contributed by atoms with Gasteiger partial charge in [-0.25, -0.2) is 4.68 Å². The van der Waals surface area contributed by atoms with Gasteiger partial charge >= 0.3 is 0 Å². The highest BCUT2D eigenvalue weighted by atomic mass is 35.5. The van der Waals surface area contributed by atoms with Crippen molar-refractivity contribution < 1.29 is 9.59 Å². The lowest BCUT2D eigenvalue weighted by atomic mass is 10.1. The van der Waals surface area contributed by atoms with Crippen LogP contribution in [0.4, 0.5) is 5.69 Å². The van der Waals surface area contributed by atoms with E-state index in [1.54, 1.807) is 47.1 Å². The lowest BCUT2D eigenvalue weighted by molar-refractivity contribution is 0.0996. The molecule has 0 aliphatic rings. The van der Waals surface area contributed by atoms with Gasteiger partial charge in [-0.05, 0) is 56.3 Å². The van der Waals surface area contributed by atoms with Gasteiger partial charge in [0, 0.05) is 16.8 Å². The monoisotopic (exact) mass is 368 g/mol. The second kappa shape index (κ2) is 7.01. The number of nitrogens with two attached hydrogens (primary N) is 1. The molecule has 1 aromatic heterocycles. The number of aromatic nitrogens is 2. The molecule has 3 aromatic rings. The van der Waals surface area contributed by atoms with Crippen LogP contribution in [0, 0.1) is 13.8 Å². The maximum Gasteiger partial charge on any atom is 0.255 e. The van der Waals surface area contributed by atoms with Crippen molar-refractivity contribution in [2.75, 3.05) is 5.32 Å². The Morgan fingerprint density at radius 2 is 1.77 bits per heavy atom. The standard InChI is InChI=1S/C19H17ClN4O2/c1-11-17(20)12(2)24(23-11)16-8-6-13(7-9-16)19(26)22-15-5-3-4-14(10-15)18(21)25/h3-10H,1-2H3,(H2,21,25)(H,22,26). The van der Waals surface area contributed by atoms with E-state index in [1.807, 2.05) is 13.8 Å². The van der Waals surface area contributed by atoms with Crippen molar-refractivity contribution in [3.63, 3.8) is 0 Å². The van der Waals surface area contributed by atoms with Crippen LogP contribution in [0.1, 0.15) is 32.1 Å². The molecule has 2 amide bonds. The number of amides is 2. The Labute approximate surface area is 155 Å². The number of benzene rings is 2. The molecule has 0 atom stereocenters. The van der Waals surface area contributed by atoms with Crippen LogP contribution < -0.4 is 11.1 Å². The predicted molar refractivity (Wildman–Crippen MR) is 101 cm³/mol. The zero-order valence-corrected chi connectivity index (χ0v) is 15.0. The quantitative estimate of drug-likeness (QED) is 0.738. The number of hydrogen-bond acceptors (Lipinski definition) is 3. The first-order valence-corrected chi connectivity index (χ1v) is 8.28. The summed E-state index contributed by atoms with van der Waals surface area (Å²) in [6.45, 7) is 3.72. The molecule has 0 radical (unpaired) electrons. The number of hydrogen-bond donors (Lipinski definition) is 2. The average Bonchev–Trinajstić information content (AvgIpc) is 2.89. The maximum atomic E-state index is 12.4. The summed E-state index contributed by atoms with van der Waals surface area (Å²) in [5.74, 6) is -0.835. The lowest BCUT2D eigenvalue weighted by Gasteiger charge is -2.08. The largest absolute Gasteiger partial charge is 0.366 e. The molecule has 0 saturated heterocycles. The zero-order valence-electron chi connectivity index (χ0n) is 14.3. The molecule has 132 valence electrons. The number of nitrogens with one attached hydrogen (secondary N) is 1. The maximum absolute atomic E-state index is 12.4. The highest BCUT2D eigenvalue weighted by Gasteiger charge is 2.12. The number of anilines is 1. The second-order valence-corrected chi connectivity index (χ2v) is 6.22. The van der Waals surface area contributed by atoms with E-state index in [0.717, 1.165) is 17.1 Å². The molecule has 0 spiro atoms. The SMILES string of the molecule is Cc1nn(-c2ccc(C(=O)Nc3cccc(C(N)=O)c3)cc2)c(C)c1Cl. The van der Waals surface area contributed by atoms with E-state index in [1.165, 1.54) is 6.07 Å².